The molecule has 0 aliphatic carbocycles. The second-order valence-electron chi connectivity index (χ2n) is 8.72. The maximum Gasteiger partial charge on any atom is 0.410 e. The van der Waals surface area contributed by atoms with Crippen LogP contribution in [0.25, 0.3) is 0 Å². The molecule has 1 saturated heterocycles. The van der Waals surface area contributed by atoms with E-state index in [2.05, 4.69) is 29.0 Å². The average molecular weight is 416 g/mol. The second-order valence-corrected chi connectivity index (χ2v) is 8.72. The van der Waals surface area contributed by atoms with E-state index in [-0.39, 0.29) is 17.8 Å². The van der Waals surface area contributed by atoms with Gasteiger partial charge in [0.1, 0.15) is 17.2 Å². The number of aromatic nitrogens is 2. The Morgan fingerprint density at radius 1 is 1.10 bits per heavy atom. The molecule has 0 unspecified atom stereocenters. The van der Waals surface area contributed by atoms with Gasteiger partial charge in [0.15, 0.2) is 0 Å². The van der Waals surface area contributed by atoms with Crippen LogP contribution in [0, 0.1) is 5.82 Å². The first-order valence-corrected chi connectivity index (χ1v) is 10.2. The van der Waals surface area contributed by atoms with Gasteiger partial charge in [0.05, 0.1) is 5.69 Å². The molecule has 3 rings (SSSR count). The van der Waals surface area contributed by atoms with Crippen LogP contribution < -0.4 is 10.2 Å². The fourth-order valence-corrected chi connectivity index (χ4v) is 3.05. The summed E-state index contributed by atoms with van der Waals surface area (Å²) >= 11 is 0. The lowest BCUT2D eigenvalue weighted by molar-refractivity contribution is 0.0240. The van der Waals surface area contributed by atoms with Crippen LogP contribution in [-0.4, -0.2) is 52.7 Å². The molecule has 2 heterocycles. The van der Waals surface area contributed by atoms with Crippen LogP contribution >= 0.6 is 0 Å². The lowest BCUT2D eigenvalue weighted by atomic mass is 10.1. The molecule has 30 heavy (non-hydrogen) atoms. The van der Waals surface area contributed by atoms with Crippen molar-refractivity contribution in [1.29, 1.82) is 0 Å². The number of amides is 1. The smallest absolute Gasteiger partial charge is 0.410 e. The van der Waals surface area contributed by atoms with Crippen LogP contribution in [0.2, 0.25) is 0 Å². The molecule has 1 aromatic carbocycles. The topological polar surface area (TPSA) is 70.6 Å². The molecule has 2 aromatic rings. The fourth-order valence-electron chi connectivity index (χ4n) is 3.05. The number of benzene rings is 1. The van der Waals surface area contributed by atoms with E-state index in [1.165, 1.54) is 12.1 Å². The summed E-state index contributed by atoms with van der Waals surface area (Å²) < 4.78 is 18.6. The first-order chi connectivity index (χ1) is 14.1. The van der Waals surface area contributed by atoms with Crippen molar-refractivity contribution in [3.05, 3.63) is 41.8 Å². The van der Waals surface area contributed by atoms with Gasteiger partial charge in [-0.1, -0.05) is 13.8 Å². The summed E-state index contributed by atoms with van der Waals surface area (Å²) in [6.07, 6.45) is -0.294. The Bertz CT molecular complexity index is 872. The quantitative estimate of drug-likeness (QED) is 0.791. The zero-order valence-corrected chi connectivity index (χ0v) is 18.3. The van der Waals surface area contributed by atoms with Crippen LogP contribution in [0.1, 0.15) is 46.2 Å². The summed E-state index contributed by atoms with van der Waals surface area (Å²) in [4.78, 5) is 25.5. The number of hydrogen-bond acceptors (Lipinski definition) is 6. The molecule has 7 nitrogen and oxygen atoms in total. The van der Waals surface area contributed by atoms with Gasteiger partial charge in [-0.25, -0.2) is 14.2 Å². The van der Waals surface area contributed by atoms with E-state index in [0.29, 0.717) is 37.9 Å². The highest BCUT2D eigenvalue weighted by molar-refractivity contribution is 5.68. The maximum atomic E-state index is 13.2. The van der Waals surface area contributed by atoms with Crippen molar-refractivity contribution in [3.63, 3.8) is 0 Å². The number of carbonyl (C=O) groups is 1. The van der Waals surface area contributed by atoms with Crippen LogP contribution in [0.5, 0.6) is 0 Å². The van der Waals surface area contributed by atoms with Crippen molar-refractivity contribution in [3.8, 4) is 0 Å². The standard InChI is InChI=1S/C22H30FN5O2/c1-15(2)18-14-19(24-17-8-6-16(23)7-9-17)26-20(25-18)27-10-12-28(13-11-27)21(29)30-22(3,4)5/h6-9,14-15H,10-13H2,1-5H3,(H,24,25,26). The van der Waals surface area contributed by atoms with E-state index in [9.17, 15) is 9.18 Å². The Balaban J connectivity index is 1.73. The Hall–Kier alpha value is -2.90. The average Bonchev–Trinajstić information content (AvgIpc) is 2.68. The van der Waals surface area contributed by atoms with E-state index in [0.717, 1.165) is 11.4 Å². The summed E-state index contributed by atoms with van der Waals surface area (Å²) in [5, 5.41) is 3.23. The van der Waals surface area contributed by atoms with Crippen molar-refractivity contribution in [2.24, 2.45) is 0 Å². The van der Waals surface area contributed by atoms with E-state index in [4.69, 9.17) is 9.72 Å². The third-order valence-electron chi connectivity index (χ3n) is 4.66. The third-order valence-corrected chi connectivity index (χ3v) is 4.66. The molecule has 0 saturated carbocycles. The lowest BCUT2D eigenvalue weighted by Crippen LogP contribution is -2.50. The molecule has 0 radical (unpaired) electrons. The predicted molar refractivity (Wildman–Crippen MR) is 116 cm³/mol. The first kappa shape index (κ1) is 21.8. The lowest BCUT2D eigenvalue weighted by Gasteiger charge is -2.35. The maximum absolute atomic E-state index is 13.2. The summed E-state index contributed by atoms with van der Waals surface area (Å²) in [7, 11) is 0. The molecule has 1 N–H and O–H groups in total. The van der Waals surface area contributed by atoms with Crippen molar-refractivity contribution in [2.45, 2.75) is 46.1 Å². The molecule has 0 spiro atoms. The summed E-state index contributed by atoms with van der Waals surface area (Å²) in [6.45, 7) is 12.1. The van der Waals surface area contributed by atoms with Crippen molar-refractivity contribution < 1.29 is 13.9 Å². The Morgan fingerprint density at radius 2 is 1.73 bits per heavy atom. The molecule has 1 fully saturated rings. The summed E-state index contributed by atoms with van der Waals surface area (Å²) in [5.74, 6) is 1.22. The molecular weight excluding hydrogens is 385 g/mol. The molecule has 0 atom stereocenters. The van der Waals surface area contributed by atoms with E-state index in [1.807, 2.05) is 26.8 Å². The van der Waals surface area contributed by atoms with Crippen molar-refractivity contribution in [1.82, 2.24) is 14.9 Å². The number of nitrogens with one attached hydrogen (secondary N) is 1. The molecule has 0 bridgehead atoms. The molecular formula is C22H30FN5O2. The summed E-state index contributed by atoms with van der Waals surface area (Å²) in [5.41, 5.74) is 1.16. The van der Waals surface area contributed by atoms with Crippen LogP contribution in [0.4, 0.5) is 26.6 Å². The van der Waals surface area contributed by atoms with Crippen molar-refractivity contribution >= 4 is 23.5 Å². The second kappa shape index (κ2) is 8.85. The molecule has 1 aromatic heterocycles. The number of anilines is 3. The number of hydrogen-bond donors (Lipinski definition) is 1. The number of rotatable bonds is 4. The molecule has 1 aliphatic rings. The van der Waals surface area contributed by atoms with Gasteiger partial charge in [-0.2, -0.15) is 4.98 Å². The molecule has 162 valence electrons. The highest BCUT2D eigenvalue weighted by atomic mass is 19.1. The highest BCUT2D eigenvalue weighted by Crippen LogP contribution is 2.24. The van der Waals surface area contributed by atoms with Gasteiger partial charge in [0.2, 0.25) is 5.95 Å². The predicted octanol–water partition coefficient (Wildman–Crippen LogP) is 4.54. The van der Waals surface area contributed by atoms with Gasteiger partial charge < -0.3 is 19.9 Å². The minimum Gasteiger partial charge on any atom is -0.444 e. The Morgan fingerprint density at radius 3 is 2.30 bits per heavy atom. The minimum absolute atomic E-state index is 0.226. The van der Waals surface area contributed by atoms with Crippen molar-refractivity contribution in [2.75, 3.05) is 36.4 Å². The number of ether oxygens (including phenoxy) is 1. The van der Waals surface area contributed by atoms with Crippen LogP contribution in [0.15, 0.2) is 30.3 Å². The number of piperazine rings is 1. The fraction of sp³-hybridized carbons (Fsp3) is 0.500. The SMILES string of the molecule is CC(C)c1cc(Nc2ccc(F)cc2)nc(N2CCN(C(=O)OC(C)(C)C)CC2)n1. The van der Waals surface area contributed by atoms with Gasteiger partial charge in [0.25, 0.3) is 0 Å². The van der Waals surface area contributed by atoms with Gasteiger partial charge in [-0.3, -0.25) is 0 Å². The molecule has 1 amide bonds. The normalized spacial score (nSPS) is 14.8. The molecule has 8 heteroatoms. The zero-order valence-electron chi connectivity index (χ0n) is 18.3. The number of halogens is 1. The van der Waals surface area contributed by atoms with E-state index >= 15 is 0 Å². The van der Waals surface area contributed by atoms with Crippen LogP contribution in [-0.2, 0) is 4.74 Å². The van der Waals surface area contributed by atoms with Gasteiger partial charge >= 0.3 is 6.09 Å². The monoisotopic (exact) mass is 415 g/mol. The van der Waals surface area contributed by atoms with Gasteiger partial charge in [0, 0.05) is 37.9 Å². The summed E-state index contributed by atoms with van der Waals surface area (Å²) in [6, 6.07) is 8.07. The number of carbonyl (C=O) groups excluding carboxylic acids is 1. The Labute approximate surface area is 177 Å². The van der Waals surface area contributed by atoms with E-state index < -0.39 is 5.60 Å². The van der Waals surface area contributed by atoms with Gasteiger partial charge in [-0.05, 0) is 51.0 Å². The zero-order chi connectivity index (χ0) is 21.9. The highest BCUT2D eigenvalue weighted by Gasteiger charge is 2.27. The first-order valence-electron chi connectivity index (χ1n) is 10.2. The van der Waals surface area contributed by atoms with E-state index in [1.54, 1.807) is 17.0 Å². The minimum atomic E-state index is -0.510. The van der Waals surface area contributed by atoms with Crippen LogP contribution in [0.3, 0.4) is 0 Å². The third kappa shape index (κ3) is 5.81. The van der Waals surface area contributed by atoms with Gasteiger partial charge in [-0.15, -0.1) is 0 Å². The molecule has 1 aliphatic heterocycles. The Kier molecular flexibility index (Phi) is 6.43. The largest absolute Gasteiger partial charge is 0.444 e. The number of nitrogens with zero attached hydrogens (tertiary/aromatic N) is 4.